The molecule has 31 heavy (non-hydrogen) atoms. The number of fused-ring (bicyclic) bond motifs is 1. The Morgan fingerprint density at radius 1 is 1.16 bits per heavy atom. The second-order valence-electron chi connectivity index (χ2n) is 8.56. The summed E-state index contributed by atoms with van der Waals surface area (Å²) < 4.78 is 14.4. The lowest BCUT2D eigenvalue weighted by Gasteiger charge is -2.32. The van der Waals surface area contributed by atoms with Crippen LogP contribution in [-0.4, -0.2) is 72.2 Å². The van der Waals surface area contributed by atoms with Gasteiger partial charge in [-0.1, -0.05) is 6.07 Å². The summed E-state index contributed by atoms with van der Waals surface area (Å²) in [6.07, 6.45) is 4.11. The summed E-state index contributed by atoms with van der Waals surface area (Å²) in [6, 6.07) is 4.61. The van der Waals surface area contributed by atoms with E-state index in [2.05, 4.69) is 32.4 Å². The number of benzene rings is 1. The molecule has 166 valence electrons. The molecule has 2 aromatic rings. The fourth-order valence-electron chi connectivity index (χ4n) is 4.42. The Morgan fingerprint density at radius 3 is 2.68 bits per heavy atom. The molecular weight excluding hydrogens is 397 g/mol. The molecule has 1 aliphatic carbocycles. The molecule has 2 N–H and O–H groups in total. The lowest BCUT2D eigenvalue weighted by atomic mass is 9.90. The molecule has 1 fully saturated rings. The molecule has 1 aromatic carbocycles. The second-order valence-corrected chi connectivity index (χ2v) is 8.56. The van der Waals surface area contributed by atoms with Gasteiger partial charge in [-0.2, -0.15) is 5.10 Å². The lowest BCUT2D eigenvalue weighted by molar-refractivity contribution is 0.0937. The van der Waals surface area contributed by atoms with Gasteiger partial charge >= 0.3 is 0 Å². The second kappa shape index (κ2) is 9.70. The van der Waals surface area contributed by atoms with Crippen LogP contribution in [0.3, 0.4) is 0 Å². The molecule has 0 spiro atoms. The summed E-state index contributed by atoms with van der Waals surface area (Å²) >= 11 is 0. The third-order valence-corrected chi connectivity index (χ3v) is 6.34. The zero-order valence-corrected chi connectivity index (χ0v) is 18.0. The molecule has 2 aliphatic rings. The van der Waals surface area contributed by atoms with Crippen molar-refractivity contribution in [1.82, 2.24) is 25.3 Å². The topological polar surface area (TPSA) is 81.3 Å². The van der Waals surface area contributed by atoms with Crippen LogP contribution in [0.4, 0.5) is 4.39 Å². The summed E-state index contributed by atoms with van der Waals surface area (Å²) in [5.74, 6) is -0.928. The predicted molar refractivity (Wildman–Crippen MR) is 117 cm³/mol. The van der Waals surface area contributed by atoms with E-state index in [1.165, 1.54) is 6.07 Å². The SMILES string of the molecule is CN1CCN(CCNC(=O)c2cc(Cc3n[nH]c(=O)c4c3CCCC4)ccc2F)CC1. The highest BCUT2D eigenvalue weighted by Gasteiger charge is 2.19. The summed E-state index contributed by atoms with van der Waals surface area (Å²) in [5.41, 5.74) is 3.38. The first-order chi connectivity index (χ1) is 15.0. The minimum absolute atomic E-state index is 0.0502. The molecule has 4 rings (SSSR count). The third kappa shape index (κ3) is 5.19. The predicted octanol–water partition coefficient (Wildman–Crippen LogP) is 1.36. The number of carbonyl (C=O) groups is 1. The molecule has 1 saturated heterocycles. The molecule has 1 aliphatic heterocycles. The number of likely N-dealkylation sites (N-methyl/N-ethyl adjacent to an activating group) is 1. The number of amides is 1. The molecule has 0 bridgehead atoms. The number of piperazine rings is 1. The van der Waals surface area contributed by atoms with E-state index in [1.54, 1.807) is 12.1 Å². The van der Waals surface area contributed by atoms with Crippen LogP contribution in [0.25, 0.3) is 0 Å². The smallest absolute Gasteiger partial charge is 0.267 e. The molecule has 7 nitrogen and oxygen atoms in total. The minimum atomic E-state index is -0.530. The standard InChI is InChI=1S/C23H30FN5O2/c1-28-10-12-29(13-11-28)9-8-25-22(30)19-14-16(6-7-20(19)24)15-21-17-4-2-3-5-18(17)23(31)27-26-21/h6-7,14H,2-5,8-13,15H2,1H3,(H,25,30)(H,27,31). The number of hydrogen-bond acceptors (Lipinski definition) is 5. The molecule has 1 aromatic heterocycles. The van der Waals surface area contributed by atoms with Crippen molar-refractivity contribution in [2.24, 2.45) is 0 Å². The normalized spacial score (nSPS) is 17.4. The van der Waals surface area contributed by atoms with E-state index in [0.29, 0.717) is 13.0 Å². The van der Waals surface area contributed by atoms with Crippen molar-refractivity contribution in [2.45, 2.75) is 32.1 Å². The van der Waals surface area contributed by atoms with Crippen LogP contribution < -0.4 is 10.9 Å². The van der Waals surface area contributed by atoms with Crippen LogP contribution in [0.1, 0.15) is 45.6 Å². The highest BCUT2D eigenvalue weighted by Crippen LogP contribution is 2.22. The van der Waals surface area contributed by atoms with Crippen LogP contribution in [0.2, 0.25) is 0 Å². The van der Waals surface area contributed by atoms with Crippen molar-refractivity contribution in [2.75, 3.05) is 46.3 Å². The highest BCUT2D eigenvalue weighted by atomic mass is 19.1. The molecule has 0 unspecified atom stereocenters. The van der Waals surface area contributed by atoms with Crippen LogP contribution in [0.15, 0.2) is 23.0 Å². The molecule has 1 amide bonds. The van der Waals surface area contributed by atoms with Crippen molar-refractivity contribution in [3.05, 3.63) is 62.3 Å². The zero-order chi connectivity index (χ0) is 21.8. The maximum absolute atomic E-state index is 14.4. The van der Waals surface area contributed by atoms with Gasteiger partial charge in [0.05, 0.1) is 11.3 Å². The number of nitrogens with one attached hydrogen (secondary N) is 2. The first kappa shape index (κ1) is 21.6. The number of halogens is 1. The Morgan fingerprint density at radius 2 is 1.90 bits per heavy atom. The lowest BCUT2D eigenvalue weighted by Crippen LogP contribution is -2.46. The number of rotatable bonds is 6. The van der Waals surface area contributed by atoms with Crippen LogP contribution in [-0.2, 0) is 19.3 Å². The van der Waals surface area contributed by atoms with Crippen molar-refractivity contribution in [3.8, 4) is 0 Å². The summed E-state index contributed by atoms with van der Waals surface area (Å²) in [4.78, 5) is 29.2. The molecule has 0 radical (unpaired) electrons. The van der Waals surface area contributed by atoms with Gasteiger partial charge in [-0.15, -0.1) is 0 Å². The van der Waals surface area contributed by atoms with E-state index in [4.69, 9.17) is 0 Å². The van der Waals surface area contributed by atoms with E-state index in [1.807, 2.05) is 0 Å². The molecule has 2 heterocycles. The molecular formula is C23H30FN5O2. The van der Waals surface area contributed by atoms with Crippen molar-refractivity contribution in [1.29, 1.82) is 0 Å². The Labute approximate surface area is 181 Å². The van der Waals surface area contributed by atoms with Crippen molar-refractivity contribution < 1.29 is 9.18 Å². The van der Waals surface area contributed by atoms with Gasteiger partial charge in [-0.3, -0.25) is 14.5 Å². The number of hydrogen-bond donors (Lipinski definition) is 2. The van der Waals surface area contributed by atoms with E-state index in [0.717, 1.165) is 80.8 Å². The zero-order valence-electron chi connectivity index (χ0n) is 18.0. The Kier molecular flexibility index (Phi) is 6.77. The van der Waals surface area contributed by atoms with Crippen LogP contribution in [0, 0.1) is 5.82 Å². The summed E-state index contributed by atoms with van der Waals surface area (Å²) in [6.45, 7) is 5.25. The van der Waals surface area contributed by atoms with E-state index in [9.17, 15) is 14.0 Å². The van der Waals surface area contributed by atoms with E-state index < -0.39 is 11.7 Å². The van der Waals surface area contributed by atoms with Gasteiger partial charge in [-0.25, -0.2) is 9.49 Å². The van der Waals surface area contributed by atoms with Gasteiger partial charge in [0.2, 0.25) is 0 Å². The maximum Gasteiger partial charge on any atom is 0.267 e. The van der Waals surface area contributed by atoms with Crippen LogP contribution in [0.5, 0.6) is 0 Å². The summed E-state index contributed by atoms with van der Waals surface area (Å²) in [5, 5.41) is 9.69. The molecule has 0 atom stereocenters. The average Bonchev–Trinajstić information content (AvgIpc) is 2.78. The Balaban J connectivity index is 1.41. The Bertz CT molecular complexity index is 998. The third-order valence-electron chi connectivity index (χ3n) is 6.34. The number of nitrogens with zero attached hydrogens (tertiary/aromatic N) is 3. The highest BCUT2D eigenvalue weighted by molar-refractivity contribution is 5.94. The number of carbonyl (C=O) groups excluding carboxylic acids is 1. The van der Waals surface area contributed by atoms with Gasteiger partial charge in [0.15, 0.2) is 0 Å². The van der Waals surface area contributed by atoms with Gasteiger partial charge in [0, 0.05) is 51.3 Å². The number of aromatic nitrogens is 2. The van der Waals surface area contributed by atoms with Gasteiger partial charge in [0.25, 0.3) is 11.5 Å². The molecule has 0 saturated carbocycles. The maximum atomic E-state index is 14.4. The first-order valence-corrected chi connectivity index (χ1v) is 11.1. The van der Waals surface area contributed by atoms with Crippen molar-refractivity contribution >= 4 is 5.91 Å². The fraction of sp³-hybridized carbons (Fsp3) is 0.522. The summed E-state index contributed by atoms with van der Waals surface area (Å²) in [7, 11) is 2.10. The van der Waals surface area contributed by atoms with Crippen molar-refractivity contribution in [3.63, 3.8) is 0 Å². The minimum Gasteiger partial charge on any atom is -0.351 e. The van der Waals surface area contributed by atoms with Gasteiger partial charge < -0.3 is 10.2 Å². The Hall–Kier alpha value is -2.58. The first-order valence-electron chi connectivity index (χ1n) is 11.1. The molecule has 8 heteroatoms. The number of H-pyrrole nitrogens is 1. The van der Waals surface area contributed by atoms with Gasteiger partial charge in [0.1, 0.15) is 5.82 Å². The largest absolute Gasteiger partial charge is 0.351 e. The monoisotopic (exact) mass is 427 g/mol. The van der Waals surface area contributed by atoms with Crippen LogP contribution >= 0.6 is 0 Å². The average molecular weight is 428 g/mol. The van der Waals surface area contributed by atoms with Gasteiger partial charge in [-0.05, 0) is 56.0 Å². The number of aromatic amines is 1. The van der Waals surface area contributed by atoms with E-state index >= 15 is 0 Å². The quantitative estimate of drug-likeness (QED) is 0.728. The fourth-order valence-corrected chi connectivity index (χ4v) is 4.42. The van der Waals surface area contributed by atoms with E-state index in [-0.39, 0.29) is 11.1 Å².